The summed E-state index contributed by atoms with van der Waals surface area (Å²) >= 11 is 0. The minimum atomic E-state index is -0.0929. The maximum absolute atomic E-state index is 11.6. The van der Waals surface area contributed by atoms with Crippen molar-refractivity contribution in [2.75, 3.05) is 6.61 Å². The van der Waals surface area contributed by atoms with Gasteiger partial charge >= 0.3 is 0 Å². The fraction of sp³-hybridized carbons (Fsp3) is 1.00. The summed E-state index contributed by atoms with van der Waals surface area (Å²) in [4.78, 5) is 0. The van der Waals surface area contributed by atoms with E-state index < -0.39 is 0 Å². The van der Waals surface area contributed by atoms with Gasteiger partial charge in [0, 0.05) is 6.61 Å². The summed E-state index contributed by atoms with van der Waals surface area (Å²) in [5, 5.41) is 11.6. The van der Waals surface area contributed by atoms with Crippen LogP contribution < -0.4 is 0 Å². The number of hydrogen-bond acceptors (Lipinski definition) is 2. The molecule has 0 radical (unpaired) electrons. The van der Waals surface area contributed by atoms with E-state index in [-0.39, 0.29) is 11.5 Å². The van der Waals surface area contributed by atoms with E-state index in [0.29, 0.717) is 11.5 Å². The van der Waals surface area contributed by atoms with Crippen LogP contribution >= 0.6 is 0 Å². The predicted molar refractivity (Wildman–Crippen MR) is 125 cm³/mol. The van der Waals surface area contributed by atoms with Crippen molar-refractivity contribution >= 4 is 0 Å². The molecule has 0 aromatic rings. The zero-order valence-electron chi connectivity index (χ0n) is 20.7. The molecule has 4 rings (SSSR count). The summed E-state index contributed by atoms with van der Waals surface area (Å²) in [7, 11) is 0. The zero-order valence-corrected chi connectivity index (χ0v) is 20.7. The molecule has 30 heavy (non-hydrogen) atoms. The monoisotopic (exact) mass is 418 g/mol. The van der Waals surface area contributed by atoms with Crippen molar-refractivity contribution in [3.8, 4) is 0 Å². The first-order valence-electron chi connectivity index (χ1n) is 13.7. The third kappa shape index (κ3) is 3.70. The van der Waals surface area contributed by atoms with Crippen LogP contribution in [0.1, 0.15) is 112 Å². The molecule has 4 aliphatic carbocycles. The molecule has 0 amide bonds. The number of aliphatic hydroxyl groups is 1. The minimum absolute atomic E-state index is 0.0929. The number of aliphatic hydroxyl groups excluding tert-OH is 1. The molecule has 4 fully saturated rings. The van der Waals surface area contributed by atoms with Crippen LogP contribution in [-0.4, -0.2) is 23.9 Å². The molecule has 0 aromatic heterocycles. The quantitative estimate of drug-likeness (QED) is 0.442. The van der Waals surface area contributed by atoms with Crippen molar-refractivity contribution < 1.29 is 9.84 Å². The highest BCUT2D eigenvalue weighted by Crippen LogP contribution is 2.68. The molecule has 2 heteroatoms. The molecule has 174 valence electrons. The number of hydrogen-bond donors (Lipinski definition) is 1. The van der Waals surface area contributed by atoms with E-state index in [0.717, 1.165) is 48.5 Å². The van der Waals surface area contributed by atoms with Crippen LogP contribution in [-0.2, 0) is 4.74 Å². The Morgan fingerprint density at radius 3 is 2.50 bits per heavy atom. The highest BCUT2D eigenvalue weighted by Gasteiger charge is 2.63. The van der Waals surface area contributed by atoms with Gasteiger partial charge < -0.3 is 9.84 Å². The van der Waals surface area contributed by atoms with Crippen LogP contribution in [0.4, 0.5) is 0 Å². The average Bonchev–Trinajstić information content (AvgIpc) is 3.08. The fourth-order valence-electron chi connectivity index (χ4n) is 9.35. The van der Waals surface area contributed by atoms with Crippen LogP contribution in [0.3, 0.4) is 0 Å². The molecule has 10 atom stereocenters. The lowest BCUT2D eigenvalue weighted by Crippen LogP contribution is -2.58. The highest BCUT2D eigenvalue weighted by molar-refractivity contribution is 5.12. The van der Waals surface area contributed by atoms with E-state index >= 15 is 0 Å². The van der Waals surface area contributed by atoms with Crippen molar-refractivity contribution in [1.29, 1.82) is 0 Å². The largest absolute Gasteiger partial charge is 0.393 e. The summed E-state index contributed by atoms with van der Waals surface area (Å²) in [5.41, 5.74) is 0.600. The number of unbranched alkanes of at least 4 members (excludes halogenated alkanes) is 1. The first-order valence-corrected chi connectivity index (χ1v) is 13.7. The Morgan fingerprint density at radius 1 is 0.967 bits per heavy atom. The molecular weight excluding hydrogens is 368 g/mol. The molecule has 0 bridgehead atoms. The Morgan fingerprint density at radius 2 is 1.77 bits per heavy atom. The summed E-state index contributed by atoms with van der Waals surface area (Å²) in [6.45, 7) is 13.1. The molecule has 0 unspecified atom stereocenters. The van der Waals surface area contributed by atoms with Crippen molar-refractivity contribution in [2.24, 2.45) is 46.3 Å². The second kappa shape index (κ2) is 9.05. The smallest absolute Gasteiger partial charge is 0.0602 e. The molecule has 0 spiro atoms. The highest BCUT2D eigenvalue weighted by atomic mass is 16.5. The Labute approximate surface area is 186 Å². The van der Waals surface area contributed by atoms with Gasteiger partial charge in [-0.2, -0.15) is 0 Å². The molecular formula is C28H50O2. The molecule has 4 aliphatic rings. The summed E-state index contributed by atoms with van der Waals surface area (Å²) in [5.74, 6) is 4.65. The summed E-state index contributed by atoms with van der Waals surface area (Å²) < 4.78 is 6.27. The second-order valence-electron chi connectivity index (χ2n) is 12.3. The van der Waals surface area contributed by atoms with Crippen molar-refractivity contribution in [3.05, 3.63) is 0 Å². The van der Waals surface area contributed by atoms with Gasteiger partial charge in [-0.15, -0.1) is 0 Å². The van der Waals surface area contributed by atoms with Crippen LogP contribution in [0.25, 0.3) is 0 Å². The average molecular weight is 419 g/mol. The molecule has 0 aromatic carbocycles. The molecule has 2 nitrogen and oxygen atoms in total. The lowest BCUT2D eigenvalue weighted by Gasteiger charge is -2.62. The zero-order chi connectivity index (χ0) is 21.5. The topological polar surface area (TPSA) is 29.5 Å². The van der Waals surface area contributed by atoms with E-state index in [9.17, 15) is 5.11 Å². The Balaban J connectivity index is 1.49. The maximum atomic E-state index is 11.6. The SMILES string of the molecule is CCCCO[C@@H]1CC[C@@]2(C)[C@H](CC[C@@H]3[C@@H]2C[C@H](O)[C@]2(C)[C@@H]([C@H](C)CCC)CC[C@@H]32)C1. The summed E-state index contributed by atoms with van der Waals surface area (Å²) in [6, 6.07) is 0. The van der Waals surface area contributed by atoms with E-state index in [2.05, 4.69) is 34.6 Å². The number of rotatable bonds is 7. The first-order chi connectivity index (χ1) is 14.4. The van der Waals surface area contributed by atoms with Crippen molar-refractivity contribution in [3.63, 3.8) is 0 Å². The van der Waals surface area contributed by atoms with Crippen molar-refractivity contribution in [1.82, 2.24) is 0 Å². The second-order valence-corrected chi connectivity index (χ2v) is 12.3. The molecule has 0 heterocycles. The standard InChI is InChI=1S/C28H50O2/c1-6-8-16-30-21-14-15-27(4)20(17-21)10-11-22-24-13-12-23(19(3)9-7-2)28(24,5)26(29)18-25(22)27/h19-26,29H,6-18H2,1-5H3/t19-,20-,21-,22+,23-,24+,25+,26+,27+,28-/m1/s1. The van der Waals surface area contributed by atoms with Gasteiger partial charge in [0.05, 0.1) is 12.2 Å². The number of fused-ring (bicyclic) bond motifs is 5. The van der Waals surface area contributed by atoms with Crippen LogP contribution in [0.2, 0.25) is 0 Å². The van der Waals surface area contributed by atoms with Crippen LogP contribution in [0.15, 0.2) is 0 Å². The Bertz CT molecular complexity index is 575. The third-order valence-electron chi connectivity index (χ3n) is 11.1. The lowest BCUT2D eigenvalue weighted by atomic mass is 9.43. The van der Waals surface area contributed by atoms with E-state index in [1.807, 2.05) is 0 Å². The molecule has 0 saturated heterocycles. The van der Waals surface area contributed by atoms with Gasteiger partial charge in [-0.05, 0) is 104 Å². The lowest BCUT2D eigenvalue weighted by molar-refractivity contribution is -0.177. The van der Waals surface area contributed by atoms with E-state index in [4.69, 9.17) is 4.74 Å². The first kappa shape index (κ1) is 23.1. The summed E-state index contributed by atoms with van der Waals surface area (Å²) in [6.07, 6.45) is 15.9. The predicted octanol–water partition coefficient (Wildman–Crippen LogP) is 7.24. The fourth-order valence-corrected chi connectivity index (χ4v) is 9.35. The molecule has 1 N–H and O–H groups in total. The van der Waals surface area contributed by atoms with Gasteiger partial charge in [0.15, 0.2) is 0 Å². The maximum Gasteiger partial charge on any atom is 0.0602 e. The Hall–Kier alpha value is -0.0800. The van der Waals surface area contributed by atoms with Gasteiger partial charge in [0.2, 0.25) is 0 Å². The number of ether oxygens (including phenoxy) is 1. The van der Waals surface area contributed by atoms with Gasteiger partial charge in [-0.1, -0.05) is 53.9 Å². The van der Waals surface area contributed by atoms with Crippen molar-refractivity contribution in [2.45, 2.75) is 124 Å². The van der Waals surface area contributed by atoms with Crippen LogP contribution in [0.5, 0.6) is 0 Å². The minimum Gasteiger partial charge on any atom is -0.393 e. The third-order valence-corrected chi connectivity index (χ3v) is 11.1. The Kier molecular flexibility index (Phi) is 6.96. The van der Waals surface area contributed by atoms with Crippen LogP contribution in [0, 0.1) is 46.3 Å². The van der Waals surface area contributed by atoms with E-state index in [1.54, 1.807) is 0 Å². The van der Waals surface area contributed by atoms with Gasteiger partial charge in [-0.3, -0.25) is 0 Å². The van der Waals surface area contributed by atoms with Gasteiger partial charge in [-0.25, -0.2) is 0 Å². The van der Waals surface area contributed by atoms with E-state index in [1.165, 1.54) is 70.6 Å². The van der Waals surface area contributed by atoms with Gasteiger partial charge in [0.25, 0.3) is 0 Å². The normalized spacial score (nSPS) is 49.2. The van der Waals surface area contributed by atoms with Gasteiger partial charge in [0.1, 0.15) is 0 Å². The molecule has 4 saturated carbocycles. The molecule has 0 aliphatic heterocycles.